The molecule has 2 heterocycles. The predicted octanol–water partition coefficient (Wildman–Crippen LogP) is 4.54. The van der Waals surface area contributed by atoms with E-state index in [2.05, 4.69) is 10.2 Å². The smallest absolute Gasteiger partial charge is 0.253 e. The van der Waals surface area contributed by atoms with Gasteiger partial charge >= 0.3 is 0 Å². The molecule has 1 saturated heterocycles. The van der Waals surface area contributed by atoms with E-state index < -0.39 is 0 Å². The third-order valence-electron chi connectivity index (χ3n) is 5.13. The van der Waals surface area contributed by atoms with Crippen LogP contribution in [-0.2, 0) is 0 Å². The summed E-state index contributed by atoms with van der Waals surface area (Å²) in [5.41, 5.74) is 2.95. The molecule has 1 atom stereocenters. The quantitative estimate of drug-likeness (QED) is 0.653. The first-order chi connectivity index (χ1) is 13.6. The predicted molar refractivity (Wildman–Crippen MR) is 111 cm³/mol. The highest BCUT2D eigenvalue weighted by atomic mass is 32.1. The van der Waals surface area contributed by atoms with E-state index in [4.69, 9.17) is 4.74 Å². The molecule has 1 fully saturated rings. The van der Waals surface area contributed by atoms with Gasteiger partial charge in [0.25, 0.3) is 5.91 Å². The number of rotatable bonds is 4. The Kier molecular flexibility index (Phi) is 5.39. The molecule has 0 aliphatic carbocycles. The third kappa shape index (κ3) is 3.92. The zero-order chi connectivity index (χ0) is 19.5. The highest BCUT2D eigenvalue weighted by Crippen LogP contribution is 2.33. The van der Waals surface area contributed by atoms with Crippen LogP contribution in [0.25, 0.3) is 10.6 Å². The van der Waals surface area contributed by atoms with E-state index in [-0.39, 0.29) is 11.8 Å². The van der Waals surface area contributed by atoms with Crippen LogP contribution in [0, 0.1) is 6.92 Å². The van der Waals surface area contributed by atoms with Crippen molar-refractivity contribution in [2.24, 2.45) is 0 Å². The van der Waals surface area contributed by atoms with Gasteiger partial charge in [0.2, 0.25) is 0 Å². The van der Waals surface area contributed by atoms with Crippen LogP contribution in [0.3, 0.4) is 0 Å². The van der Waals surface area contributed by atoms with Gasteiger partial charge in [-0.1, -0.05) is 29.0 Å². The first-order valence-electron chi connectivity index (χ1n) is 9.48. The number of amides is 1. The molecule has 28 heavy (non-hydrogen) atoms. The van der Waals surface area contributed by atoms with Gasteiger partial charge in [0.05, 0.1) is 7.11 Å². The van der Waals surface area contributed by atoms with Crippen molar-refractivity contribution in [1.29, 1.82) is 0 Å². The maximum atomic E-state index is 12.9. The molecule has 0 N–H and O–H groups in total. The zero-order valence-corrected chi connectivity index (χ0v) is 16.9. The molecular formula is C22H23N3O2S. The molecule has 144 valence electrons. The van der Waals surface area contributed by atoms with E-state index in [1.807, 2.05) is 60.4 Å². The van der Waals surface area contributed by atoms with E-state index in [0.29, 0.717) is 6.54 Å². The van der Waals surface area contributed by atoms with Gasteiger partial charge in [-0.3, -0.25) is 4.79 Å². The Bertz CT molecular complexity index is 951. The van der Waals surface area contributed by atoms with Crippen molar-refractivity contribution < 1.29 is 9.53 Å². The Morgan fingerprint density at radius 2 is 1.86 bits per heavy atom. The molecule has 1 unspecified atom stereocenters. The minimum atomic E-state index is 0.101. The van der Waals surface area contributed by atoms with Gasteiger partial charge in [-0.25, -0.2) is 0 Å². The second-order valence-corrected chi connectivity index (χ2v) is 8.14. The normalized spacial score (nSPS) is 16.8. The van der Waals surface area contributed by atoms with E-state index in [1.54, 1.807) is 18.4 Å². The highest BCUT2D eigenvalue weighted by Gasteiger charge is 2.28. The van der Waals surface area contributed by atoms with Crippen LogP contribution in [0.1, 0.15) is 39.7 Å². The molecule has 6 heteroatoms. The van der Waals surface area contributed by atoms with Crippen molar-refractivity contribution in [2.75, 3.05) is 20.2 Å². The van der Waals surface area contributed by atoms with Crippen molar-refractivity contribution in [2.45, 2.75) is 25.7 Å². The summed E-state index contributed by atoms with van der Waals surface area (Å²) in [5.74, 6) is 1.17. The topological polar surface area (TPSA) is 55.3 Å². The van der Waals surface area contributed by atoms with E-state index in [0.717, 1.165) is 51.8 Å². The Morgan fingerprint density at radius 1 is 1.11 bits per heavy atom. The first-order valence-corrected chi connectivity index (χ1v) is 10.3. The molecule has 0 radical (unpaired) electrons. The highest BCUT2D eigenvalue weighted by molar-refractivity contribution is 7.14. The van der Waals surface area contributed by atoms with E-state index >= 15 is 0 Å². The lowest BCUT2D eigenvalue weighted by atomic mass is 9.98. The average Bonchev–Trinajstić information content (AvgIpc) is 3.24. The number of aromatic nitrogens is 2. The molecule has 1 aromatic heterocycles. The molecule has 0 bridgehead atoms. The number of nitrogens with zero attached hydrogens (tertiary/aromatic N) is 3. The van der Waals surface area contributed by atoms with E-state index in [9.17, 15) is 4.79 Å². The van der Waals surface area contributed by atoms with Crippen LogP contribution < -0.4 is 4.74 Å². The zero-order valence-electron chi connectivity index (χ0n) is 16.1. The van der Waals surface area contributed by atoms with Crippen molar-refractivity contribution in [3.05, 3.63) is 64.7 Å². The van der Waals surface area contributed by atoms with Gasteiger partial charge in [0, 0.05) is 30.1 Å². The molecule has 0 saturated carbocycles. The van der Waals surface area contributed by atoms with Gasteiger partial charge in [-0.2, -0.15) is 0 Å². The lowest BCUT2D eigenvalue weighted by molar-refractivity contribution is 0.0707. The molecule has 3 aromatic rings. The number of methoxy groups -OCH3 is 1. The number of piperidine rings is 1. The largest absolute Gasteiger partial charge is 0.497 e. The number of carbonyl (C=O) groups is 1. The molecule has 1 amide bonds. The minimum Gasteiger partial charge on any atom is -0.497 e. The SMILES string of the molecule is COc1ccc(-c2nnc(C3CCCN(C(=O)c4ccc(C)cc4)C3)s2)cc1. The fraction of sp³-hybridized carbons (Fsp3) is 0.318. The summed E-state index contributed by atoms with van der Waals surface area (Å²) < 4.78 is 5.21. The maximum absolute atomic E-state index is 12.9. The third-order valence-corrected chi connectivity index (χ3v) is 6.27. The summed E-state index contributed by atoms with van der Waals surface area (Å²) in [4.78, 5) is 14.8. The summed E-state index contributed by atoms with van der Waals surface area (Å²) in [7, 11) is 1.66. The van der Waals surface area contributed by atoms with Crippen molar-refractivity contribution >= 4 is 17.2 Å². The number of aryl methyl sites for hydroxylation is 1. The molecule has 1 aliphatic heterocycles. The monoisotopic (exact) mass is 393 g/mol. The number of carbonyl (C=O) groups excluding carboxylic acids is 1. The Morgan fingerprint density at radius 3 is 2.57 bits per heavy atom. The van der Waals surface area contributed by atoms with Gasteiger partial charge in [-0.05, 0) is 56.2 Å². The second kappa shape index (κ2) is 8.10. The molecular weight excluding hydrogens is 370 g/mol. The second-order valence-electron chi connectivity index (χ2n) is 7.13. The van der Waals surface area contributed by atoms with Gasteiger partial charge in [-0.15, -0.1) is 10.2 Å². The maximum Gasteiger partial charge on any atom is 0.253 e. The molecule has 5 nitrogen and oxygen atoms in total. The number of ether oxygens (including phenoxy) is 1. The number of likely N-dealkylation sites (tertiary alicyclic amines) is 1. The Labute approximate surface area is 169 Å². The summed E-state index contributed by atoms with van der Waals surface area (Å²) >= 11 is 1.62. The van der Waals surface area contributed by atoms with Gasteiger partial charge in [0.1, 0.15) is 15.8 Å². The lowest BCUT2D eigenvalue weighted by Gasteiger charge is -2.31. The van der Waals surface area contributed by atoms with Crippen molar-refractivity contribution in [3.63, 3.8) is 0 Å². The number of benzene rings is 2. The Balaban J connectivity index is 1.48. The summed E-state index contributed by atoms with van der Waals surface area (Å²) in [6, 6.07) is 15.6. The van der Waals surface area contributed by atoms with Crippen LogP contribution in [0.2, 0.25) is 0 Å². The van der Waals surface area contributed by atoms with Crippen LogP contribution in [0.15, 0.2) is 48.5 Å². The summed E-state index contributed by atoms with van der Waals surface area (Å²) in [6.45, 7) is 3.53. The minimum absolute atomic E-state index is 0.101. The summed E-state index contributed by atoms with van der Waals surface area (Å²) in [6.07, 6.45) is 2.02. The first kappa shape index (κ1) is 18.6. The standard InChI is InChI=1S/C22H23N3O2S/c1-15-5-7-17(8-6-15)22(26)25-13-3-4-18(14-25)21-24-23-20(28-21)16-9-11-19(27-2)12-10-16/h5-12,18H,3-4,13-14H2,1-2H3. The van der Waals surface area contributed by atoms with Crippen LogP contribution >= 0.6 is 11.3 Å². The molecule has 4 rings (SSSR count). The number of hydrogen-bond acceptors (Lipinski definition) is 5. The van der Waals surface area contributed by atoms with Crippen LogP contribution in [0.5, 0.6) is 5.75 Å². The molecule has 2 aromatic carbocycles. The van der Waals surface area contributed by atoms with E-state index in [1.165, 1.54) is 0 Å². The Hall–Kier alpha value is -2.73. The van der Waals surface area contributed by atoms with Gasteiger partial charge in [0.15, 0.2) is 0 Å². The van der Waals surface area contributed by atoms with Crippen LogP contribution in [-0.4, -0.2) is 41.2 Å². The fourth-order valence-corrected chi connectivity index (χ4v) is 4.47. The molecule has 0 spiro atoms. The van der Waals surface area contributed by atoms with Crippen molar-refractivity contribution in [3.8, 4) is 16.3 Å². The van der Waals surface area contributed by atoms with Gasteiger partial charge < -0.3 is 9.64 Å². The van der Waals surface area contributed by atoms with Crippen molar-refractivity contribution in [1.82, 2.24) is 15.1 Å². The van der Waals surface area contributed by atoms with Crippen LogP contribution in [0.4, 0.5) is 0 Å². The number of hydrogen-bond donors (Lipinski definition) is 0. The lowest BCUT2D eigenvalue weighted by Crippen LogP contribution is -2.39. The summed E-state index contributed by atoms with van der Waals surface area (Å²) in [5, 5.41) is 10.7. The molecule has 1 aliphatic rings. The fourth-order valence-electron chi connectivity index (χ4n) is 3.49. The average molecular weight is 394 g/mol.